The van der Waals surface area contributed by atoms with Gasteiger partial charge >= 0.3 is 0 Å². The molecule has 0 unspecified atom stereocenters. The van der Waals surface area contributed by atoms with Crippen molar-refractivity contribution >= 4 is 30.7 Å². The van der Waals surface area contributed by atoms with Crippen molar-refractivity contribution in [2.75, 3.05) is 26.2 Å². The average Bonchev–Trinajstić information content (AvgIpc) is 2.42. The first-order valence-corrected chi connectivity index (χ1v) is 7.35. The fraction of sp³-hybridized carbons (Fsp3) is 0.929. The summed E-state index contributed by atoms with van der Waals surface area (Å²) in [6, 6.07) is 0.337. The summed E-state index contributed by atoms with van der Waals surface area (Å²) in [6.45, 7) is 10.0. The van der Waals surface area contributed by atoms with Gasteiger partial charge in [0.25, 0.3) is 0 Å². The van der Waals surface area contributed by atoms with Gasteiger partial charge in [-0.25, -0.2) is 0 Å². The summed E-state index contributed by atoms with van der Waals surface area (Å²) in [4.78, 5) is 14.8. The predicted octanol–water partition coefficient (Wildman–Crippen LogP) is 2.20. The molecular weight excluding hydrogens is 297 g/mol. The molecule has 20 heavy (non-hydrogen) atoms. The van der Waals surface area contributed by atoms with Crippen LogP contribution in [0.25, 0.3) is 0 Å². The fourth-order valence-corrected chi connectivity index (χ4v) is 2.68. The fourth-order valence-electron chi connectivity index (χ4n) is 2.68. The number of halogens is 2. The minimum Gasteiger partial charge on any atom is -0.353 e. The first kappa shape index (κ1) is 22.3. The second kappa shape index (κ2) is 10.7. The SMILES string of the molecule is CCN1CCC(NC(=O)C(CC)(CC)CN)CC1.Cl.Cl. The molecule has 0 spiro atoms. The third-order valence-corrected chi connectivity index (χ3v) is 4.60. The Kier molecular flexibility index (Phi) is 11.9. The van der Waals surface area contributed by atoms with Crippen LogP contribution in [0.3, 0.4) is 0 Å². The van der Waals surface area contributed by atoms with E-state index in [2.05, 4.69) is 31.0 Å². The Bertz CT molecular complexity index is 257. The van der Waals surface area contributed by atoms with Gasteiger partial charge in [-0.2, -0.15) is 0 Å². The van der Waals surface area contributed by atoms with Gasteiger partial charge in [0, 0.05) is 25.7 Å². The molecule has 1 heterocycles. The molecule has 1 fully saturated rings. The zero-order valence-corrected chi connectivity index (χ0v) is 14.6. The zero-order valence-electron chi connectivity index (χ0n) is 13.0. The second-order valence-electron chi connectivity index (χ2n) is 5.37. The Labute approximate surface area is 136 Å². The number of piperidine rings is 1. The van der Waals surface area contributed by atoms with E-state index in [0.717, 1.165) is 45.3 Å². The van der Waals surface area contributed by atoms with Crippen LogP contribution in [-0.2, 0) is 4.79 Å². The smallest absolute Gasteiger partial charge is 0.227 e. The summed E-state index contributed by atoms with van der Waals surface area (Å²) >= 11 is 0. The van der Waals surface area contributed by atoms with Crippen molar-refractivity contribution in [3.63, 3.8) is 0 Å². The Morgan fingerprint density at radius 2 is 1.70 bits per heavy atom. The lowest BCUT2D eigenvalue weighted by Gasteiger charge is -2.35. The number of rotatable bonds is 6. The third-order valence-electron chi connectivity index (χ3n) is 4.60. The van der Waals surface area contributed by atoms with Crippen molar-refractivity contribution in [2.45, 2.75) is 52.5 Å². The minimum absolute atomic E-state index is 0. The van der Waals surface area contributed by atoms with Crippen molar-refractivity contribution in [2.24, 2.45) is 11.1 Å². The summed E-state index contributed by atoms with van der Waals surface area (Å²) in [5.41, 5.74) is 5.45. The third kappa shape index (κ3) is 5.40. The quantitative estimate of drug-likeness (QED) is 0.786. The van der Waals surface area contributed by atoms with Gasteiger partial charge in [0.1, 0.15) is 0 Å². The summed E-state index contributed by atoms with van der Waals surface area (Å²) in [7, 11) is 0. The van der Waals surface area contributed by atoms with E-state index in [1.165, 1.54) is 0 Å². The van der Waals surface area contributed by atoms with Crippen LogP contribution in [0.1, 0.15) is 46.5 Å². The molecular formula is C14H31Cl2N3O. The highest BCUT2D eigenvalue weighted by molar-refractivity contribution is 5.85. The number of hydrogen-bond acceptors (Lipinski definition) is 3. The topological polar surface area (TPSA) is 58.4 Å². The molecule has 1 rings (SSSR count). The van der Waals surface area contributed by atoms with E-state index in [4.69, 9.17) is 5.73 Å². The van der Waals surface area contributed by atoms with Crippen molar-refractivity contribution in [3.8, 4) is 0 Å². The number of carbonyl (C=O) groups is 1. The van der Waals surface area contributed by atoms with Crippen LogP contribution in [0.15, 0.2) is 0 Å². The highest BCUT2D eigenvalue weighted by Crippen LogP contribution is 2.25. The molecule has 0 aromatic carbocycles. The van der Waals surface area contributed by atoms with E-state index in [1.807, 2.05) is 0 Å². The molecule has 1 amide bonds. The Balaban J connectivity index is 0. The van der Waals surface area contributed by atoms with Crippen LogP contribution in [-0.4, -0.2) is 43.0 Å². The van der Waals surface area contributed by atoms with Crippen molar-refractivity contribution in [1.82, 2.24) is 10.2 Å². The molecule has 0 radical (unpaired) electrons. The molecule has 1 aliphatic rings. The summed E-state index contributed by atoms with van der Waals surface area (Å²) in [5.74, 6) is 0.157. The Hall–Kier alpha value is -0.0300. The number of nitrogens with two attached hydrogens (primary N) is 1. The Morgan fingerprint density at radius 1 is 1.20 bits per heavy atom. The van der Waals surface area contributed by atoms with E-state index in [0.29, 0.717) is 12.6 Å². The summed E-state index contributed by atoms with van der Waals surface area (Å²) in [5, 5.41) is 3.21. The van der Waals surface area contributed by atoms with Crippen molar-refractivity contribution < 1.29 is 4.79 Å². The van der Waals surface area contributed by atoms with Crippen LogP contribution in [0, 0.1) is 5.41 Å². The number of carbonyl (C=O) groups excluding carboxylic acids is 1. The maximum absolute atomic E-state index is 12.4. The summed E-state index contributed by atoms with van der Waals surface area (Å²) < 4.78 is 0. The van der Waals surface area contributed by atoms with E-state index in [9.17, 15) is 4.79 Å². The minimum atomic E-state index is -0.359. The lowest BCUT2D eigenvalue weighted by Crippen LogP contribution is -2.51. The molecule has 0 aliphatic carbocycles. The lowest BCUT2D eigenvalue weighted by atomic mass is 9.81. The number of amides is 1. The first-order chi connectivity index (χ1) is 8.61. The molecule has 6 heteroatoms. The molecule has 3 N–H and O–H groups in total. The summed E-state index contributed by atoms with van der Waals surface area (Å²) in [6.07, 6.45) is 3.76. The van der Waals surface area contributed by atoms with Crippen molar-refractivity contribution in [3.05, 3.63) is 0 Å². The van der Waals surface area contributed by atoms with E-state index >= 15 is 0 Å². The average molecular weight is 328 g/mol. The largest absolute Gasteiger partial charge is 0.353 e. The van der Waals surface area contributed by atoms with Crippen LogP contribution >= 0.6 is 24.8 Å². The number of nitrogens with zero attached hydrogens (tertiary/aromatic N) is 1. The zero-order chi connectivity index (χ0) is 13.6. The number of hydrogen-bond donors (Lipinski definition) is 2. The lowest BCUT2D eigenvalue weighted by molar-refractivity contribution is -0.132. The molecule has 0 aromatic rings. The highest BCUT2D eigenvalue weighted by Gasteiger charge is 2.34. The van der Waals surface area contributed by atoms with E-state index in [1.54, 1.807) is 0 Å². The van der Waals surface area contributed by atoms with E-state index < -0.39 is 0 Å². The molecule has 0 atom stereocenters. The molecule has 122 valence electrons. The van der Waals surface area contributed by atoms with Gasteiger partial charge in [0.2, 0.25) is 5.91 Å². The van der Waals surface area contributed by atoms with Gasteiger partial charge in [-0.1, -0.05) is 20.8 Å². The van der Waals surface area contributed by atoms with Crippen LogP contribution in [0.2, 0.25) is 0 Å². The van der Waals surface area contributed by atoms with Crippen LogP contribution in [0.5, 0.6) is 0 Å². The second-order valence-corrected chi connectivity index (χ2v) is 5.37. The predicted molar refractivity (Wildman–Crippen MR) is 89.8 cm³/mol. The van der Waals surface area contributed by atoms with Crippen LogP contribution < -0.4 is 11.1 Å². The molecule has 1 saturated heterocycles. The van der Waals surface area contributed by atoms with Crippen molar-refractivity contribution in [1.29, 1.82) is 0 Å². The van der Waals surface area contributed by atoms with Gasteiger partial charge in [-0.15, -0.1) is 24.8 Å². The van der Waals surface area contributed by atoms with Gasteiger partial charge in [-0.05, 0) is 32.2 Å². The van der Waals surface area contributed by atoms with E-state index in [-0.39, 0.29) is 36.1 Å². The number of likely N-dealkylation sites (tertiary alicyclic amines) is 1. The molecule has 4 nitrogen and oxygen atoms in total. The standard InChI is InChI=1S/C14H29N3O.2ClH/c1-4-14(5-2,11-15)13(18)16-12-7-9-17(6-3)10-8-12;;/h12H,4-11,15H2,1-3H3,(H,16,18);2*1H. The normalized spacial score (nSPS) is 17.0. The molecule has 1 aliphatic heterocycles. The van der Waals surface area contributed by atoms with Gasteiger partial charge in [0.15, 0.2) is 0 Å². The molecule has 0 aromatic heterocycles. The number of nitrogens with one attached hydrogen (secondary N) is 1. The van der Waals surface area contributed by atoms with Gasteiger partial charge in [-0.3, -0.25) is 4.79 Å². The monoisotopic (exact) mass is 327 g/mol. The molecule has 0 bridgehead atoms. The highest BCUT2D eigenvalue weighted by atomic mass is 35.5. The first-order valence-electron chi connectivity index (χ1n) is 7.35. The van der Waals surface area contributed by atoms with Crippen LogP contribution in [0.4, 0.5) is 0 Å². The maximum Gasteiger partial charge on any atom is 0.227 e. The maximum atomic E-state index is 12.4. The van der Waals surface area contributed by atoms with Gasteiger partial charge < -0.3 is 16.0 Å². The molecule has 0 saturated carbocycles. The Morgan fingerprint density at radius 3 is 2.05 bits per heavy atom. The van der Waals surface area contributed by atoms with Gasteiger partial charge in [0.05, 0.1) is 5.41 Å².